The molecule has 0 aliphatic carbocycles. The number of aromatic nitrogens is 1. The normalized spacial score (nSPS) is 21.5. The van der Waals surface area contributed by atoms with Gasteiger partial charge in [-0.3, -0.25) is 4.79 Å². The first-order valence-electron chi connectivity index (χ1n) is 7.12. The maximum Gasteiger partial charge on any atom is 0.256 e. The fourth-order valence-corrected chi connectivity index (χ4v) is 2.61. The largest absolute Gasteiger partial charge is 0.373 e. The summed E-state index contributed by atoms with van der Waals surface area (Å²) >= 11 is 6.07. The molecule has 1 aliphatic rings. The summed E-state index contributed by atoms with van der Waals surface area (Å²) in [6.45, 7) is 2.77. The van der Waals surface area contributed by atoms with Gasteiger partial charge < -0.3 is 19.4 Å². The van der Waals surface area contributed by atoms with Crippen molar-refractivity contribution in [2.45, 2.75) is 19.1 Å². The van der Waals surface area contributed by atoms with Gasteiger partial charge in [-0.05, 0) is 37.3 Å². The van der Waals surface area contributed by atoms with Crippen LogP contribution in [0, 0.1) is 0 Å². The van der Waals surface area contributed by atoms with Crippen LogP contribution in [0.25, 0.3) is 5.69 Å². The number of amides is 1. The highest BCUT2D eigenvalue weighted by Crippen LogP contribution is 2.25. The van der Waals surface area contributed by atoms with Gasteiger partial charge in [-0.2, -0.15) is 0 Å². The molecule has 3 rings (SSSR count). The minimum atomic E-state index is -0.609. The maximum absolute atomic E-state index is 12.4. The second-order valence-electron chi connectivity index (χ2n) is 5.11. The lowest BCUT2D eigenvalue weighted by atomic mass is 10.2. The molecule has 2 atom stereocenters. The predicted molar refractivity (Wildman–Crippen MR) is 84.6 cm³/mol. The molecule has 1 aromatic heterocycles. The number of hydrogen-bond acceptors (Lipinski definition) is 3. The lowest BCUT2D eigenvalue weighted by molar-refractivity contribution is -0.157. The zero-order valence-electron chi connectivity index (χ0n) is 12.2. The van der Waals surface area contributed by atoms with Crippen LogP contribution in [-0.2, 0) is 14.3 Å². The van der Waals surface area contributed by atoms with Gasteiger partial charge in [0.1, 0.15) is 0 Å². The standard InChI is InChI=1S/C16H17ClN2O3/c1-11-15(22-9-8-21-11)16(20)18-13-5-4-12(17)10-14(13)19-6-2-3-7-19/h2-7,10-11,15H,8-9H2,1H3,(H,18,20)/t11-,15-/m0/s1. The summed E-state index contributed by atoms with van der Waals surface area (Å²) in [5.74, 6) is -0.220. The molecule has 2 aromatic rings. The molecule has 116 valence electrons. The summed E-state index contributed by atoms with van der Waals surface area (Å²) in [6, 6.07) is 9.15. The van der Waals surface area contributed by atoms with Crippen LogP contribution in [0.5, 0.6) is 0 Å². The summed E-state index contributed by atoms with van der Waals surface area (Å²) in [5, 5.41) is 3.51. The number of nitrogens with one attached hydrogen (secondary N) is 1. The quantitative estimate of drug-likeness (QED) is 0.946. The monoisotopic (exact) mass is 320 g/mol. The van der Waals surface area contributed by atoms with Crippen LogP contribution in [0.1, 0.15) is 6.92 Å². The van der Waals surface area contributed by atoms with E-state index in [0.717, 1.165) is 5.69 Å². The van der Waals surface area contributed by atoms with Gasteiger partial charge in [0.25, 0.3) is 5.91 Å². The highest BCUT2D eigenvalue weighted by atomic mass is 35.5. The Morgan fingerprint density at radius 2 is 2.00 bits per heavy atom. The van der Waals surface area contributed by atoms with Crippen molar-refractivity contribution in [1.82, 2.24) is 4.57 Å². The molecule has 1 amide bonds. The number of halogens is 1. The van der Waals surface area contributed by atoms with Crippen LogP contribution in [0.15, 0.2) is 42.7 Å². The molecular formula is C16H17ClN2O3. The smallest absolute Gasteiger partial charge is 0.256 e. The Labute approximate surface area is 133 Å². The van der Waals surface area contributed by atoms with Crippen LogP contribution in [0.2, 0.25) is 5.02 Å². The molecule has 0 spiro atoms. The van der Waals surface area contributed by atoms with E-state index in [0.29, 0.717) is 23.9 Å². The first-order chi connectivity index (χ1) is 10.6. The van der Waals surface area contributed by atoms with E-state index >= 15 is 0 Å². The fraction of sp³-hybridized carbons (Fsp3) is 0.312. The van der Waals surface area contributed by atoms with Gasteiger partial charge in [0.2, 0.25) is 0 Å². The van der Waals surface area contributed by atoms with Crippen molar-refractivity contribution in [3.05, 3.63) is 47.7 Å². The first kappa shape index (κ1) is 15.1. The second kappa shape index (κ2) is 6.52. The molecule has 22 heavy (non-hydrogen) atoms. The molecular weight excluding hydrogens is 304 g/mol. The van der Waals surface area contributed by atoms with E-state index in [2.05, 4.69) is 5.32 Å². The minimum absolute atomic E-state index is 0.220. The number of ether oxygens (including phenoxy) is 2. The molecule has 0 bridgehead atoms. The zero-order chi connectivity index (χ0) is 15.5. The third-order valence-electron chi connectivity index (χ3n) is 3.55. The summed E-state index contributed by atoms with van der Waals surface area (Å²) < 4.78 is 12.9. The van der Waals surface area contributed by atoms with Crippen LogP contribution in [0.3, 0.4) is 0 Å². The lowest BCUT2D eigenvalue weighted by Crippen LogP contribution is -2.44. The predicted octanol–water partition coefficient (Wildman–Crippen LogP) is 2.87. The van der Waals surface area contributed by atoms with Gasteiger partial charge in [-0.15, -0.1) is 0 Å². The number of nitrogens with zero attached hydrogens (tertiary/aromatic N) is 1. The molecule has 1 aromatic carbocycles. The molecule has 5 nitrogen and oxygen atoms in total. The van der Waals surface area contributed by atoms with Gasteiger partial charge in [0.15, 0.2) is 6.10 Å². The van der Waals surface area contributed by atoms with E-state index in [-0.39, 0.29) is 12.0 Å². The SMILES string of the molecule is C[C@@H]1OCCO[C@@H]1C(=O)Nc1ccc(Cl)cc1-n1cccc1. The Kier molecular flexibility index (Phi) is 4.47. The Bertz CT molecular complexity index is 657. The number of carbonyl (C=O) groups is 1. The Morgan fingerprint density at radius 1 is 1.27 bits per heavy atom. The summed E-state index contributed by atoms with van der Waals surface area (Å²) in [5.41, 5.74) is 1.47. The highest BCUT2D eigenvalue weighted by molar-refractivity contribution is 6.31. The average Bonchev–Trinajstić information content (AvgIpc) is 3.03. The van der Waals surface area contributed by atoms with Crippen molar-refractivity contribution in [1.29, 1.82) is 0 Å². The molecule has 1 saturated heterocycles. The van der Waals surface area contributed by atoms with E-state index in [4.69, 9.17) is 21.1 Å². The molecule has 1 N–H and O–H groups in total. The number of rotatable bonds is 3. The van der Waals surface area contributed by atoms with Crippen molar-refractivity contribution in [2.75, 3.05) is 18.5 Å². The number of benzene rings is 1. The second-order valence-corrected chi connectivity index (χ2v) is 5.54. The lowest BCUT2D eigenvalue weighted by Gasteiger charge is -2.28. The summed E-state index contributed by atoms with van der Waals surface area (Å²) in [7, 11) is 0. The van der Waals surface area contributed by atoms with Gasteiger partial charge in [0.05, 0.1) is 30.7 Å². The third-order valence-corrected chi connectivity index (χ3v) is 3.78. The number of hydrogen-bond donors (Lipinski definition) is 1. The topological polar surface area (TPSA) is 52.5 Å². The summed E-state index contributed by atoms with van der Waals surface area (Å²) in [6.07, 6.45) is 2.91. The van der Waals surface area contributed by atoms with E-state index in [1.165, 1.54) is 0 Å². The Balaban J connectivity index is 1.84. The molecule has 1 fully saturated rings. The molecule has 0 radical (unpaired) electrons. The maximum atomic E-state index is 12.4. The average molecular weight is 321 g/mol. The van der Waals surface area contributed by atoms with E-state index in [1.807, 2.05) is 36.0 Å². The van der Waals surface area contributed by atoms with Crippen LogP contribution in [-0.4, -0.2) is 35.9 Å². The van der Waals surface area contributed by atoms with Gasteiger partial charge in [-0.1, -0.05) is 11.6 Å². The van der Waals surface area contributed by atoms with Crippen LogP contribution in [0.4, 0.5) is 5.69 Å². The molecule has 2 heterocycles. The third kappa shape index (κ3) is 3.16. The van der Waals surface area contributed by atoms with Crippen LogP contribution >= 0.6 is 11.6 Å². The molecule has 0 unspecified atom stereocenters. The summed E-state index contributed by atoms with van der Waals surface area (Å²) in [4.78, 5) is 12.4. The van der Waals surface area contributed by atoms with Crippen molar-refractivity contribution in [2.24, 2.45) is 0 Å². The molecule has 0 saturated carbocycles. The number of carbonyl (C=O) groups excluding carboxylic acids is 1. The van der Waals surface area contributed by atoms with Gasteiger partial charge in [0, 0.05) is 17.4 Å². The van der Waals surface area contributed by atoms with Crippen molar-refractivity contribution < 1.29 is 14.3 Å². The molecule has 1 aliphatic heterocycles. The van der Waals surface area contributed by atoms with Crippen molar-refractivity contribution in [3.63, 3.8) is 0 Å². The van der Waals surface area contributed by atoms with E-state index in [1.54, 1.807) is 18.2 Å². The number of anilines is 1. The first-order valence-corrected chi connectivity index (χ1v) is 7.50. The fourth-order valence-electron chi connectivity index (χ4n) is 2.44. The molecule has 6 heteroatoms. The Hall–Kier alpha value is -1.82. The van der Waals surface area contributed by atoms with E-state index < -0.39 is 6.10 Å². The van der Waals surface area contributed by atoms with Crippen molar-refractivity contribution >= 4 is 23.2 Å². The zero-order valence-corrected chi connectivity index (χ0v) is 12.9. The highest BCUT2D eigenvalue weighted by Gasteiger charge is 2.30. The van der Waals surface area contributed by atoms with Crippen molar-refractivity contribution in [3.8, 4) is 5.69 Å². The van der Waals surface area contributed by atoms with E-state index in [9.17, 15) is 4.79 Å². The minimum Gasteiger partial charge on any atom is -0.373 e. The van der Waals surface area contributed by atoms with Gasteiger partial charge >= 0.3 is 0 Å². The van der Waals surface area contributed by atoms with Gasteiger partial charge in [-0.25, -0.2) is 0 Å². The Morgan fingerprint density at radius 3 is 2.73 bits per heavy atom. The van der Waals surface area contributed by atoms with Crippen LogP contribution < -0.4 is 5.32 Å².